The molecule has 3 aromatic rings. The van der Waals surface area contributed by atoms with E-state index in [2.05, 4.69) is 9.97 Å². The highest BCUT2D eigenvalue weighted by Gasteiger charge is 2.36. The number of aryl methyl sites for hydroxylation is 1. The standard InChI is InChI=1S/C23H25N3O3S/c1-17-20(16-29-18-8-3-2-4-9-18)30-22(25-17)23(28)11-7-14-26(15-12-23)21(27)19-10-5-6-13-24-19/h2-6,8-10,13,28H,7,11-12,14-16H2,1H3/t23-/m1/s1. The van der Waals surface area contributed by atoms with Crippen LogP contribution in [0.5, 0.6) is 5.75 Å². The van der Waals surface area contributed by atoms with Gasteiger partial charge >= 0.3 is 0 Å². The molecular formula is C23H25N3O3S. The van der Waals surface area contributed by atoms with Gasteiger partial charge in [-0.2, -0.15) is 0 Å². The summed E-state index contributed by atoms with van der Waals surface area (Å²) < 4.78 is 5.86. The van der Waals surface area contributed by atoms with Gasteiger partial charge in [0.2, 0.25) is 0 Å². The molecule has 1 aliphatic heterocycles. The molecule has 3 heterocycles. The molecule has 1 amide bonds. The summed E-state index contributed by atoms with van der Waals surface area (Å²) in [6, 6.07) is 15.0. The molecule has 156 valence electrons. The summed E-state index contributed by atoms with van der Waals surface area (Å²) in [4.78, 5) is 24.3. The van der Waals surface area contributed by atoms with Gasteiger partial charge in [0.1, 0.15) is 28.7 Å². The molecule has 0 spiro atoms. The lowest BCUT2D eigenvalue weighted by Crippen LogP contribution is -2.34. The predicted octanol–water partition coefficient (Wildman–Crippen LogP) is 3.94. The monoisotopic (exact) mass is 423 g/mol. The molecule has 1 aromatic carbocycles. The fourth-order valence-electron chi connectivity index (χ4n) is 3.61. The summed E-state index contributed by atoms with van der Waals surface area (Å²) >= 11 is 1.50. The van der Waals surface area contributed by atoms with Crippen molar-refractivity contribution in [2.24, 2.45) is 0 Å². The minimum Gasteiger partial charge on any atom is -0.488 e. The number of benzene rings is 1. The van der Waals surface area contributed by atoms with E-state index in [1.54, 1.807) is 23.2 Å². The molecule has 0 radical (unpaired) electrons. The van der Waals surface area contributed by atoms with E-state index in [-0.39, 0.29) is 5.91 Å². The van der Waals surface area contributed by atoms with E-state index in [9.17, 15) is 9.90 Å². The van der Waals surface area contributed by atoms with Crippen molar-refractivity contribution in [3.8, 4) is 5.75 Å². The van der Waals surface area contributed by atoms with Gasteiger partial charge in [0, 0.05) is 25.7 Å². The average Bonchev–Trinajstić information content (AvgIpc) is 3.04. The smallest absolute Gasteiger partial charge is 0.272 e. The van der Waals surface area contributed by atoms with Crippen molar-refractivity contribution in [1.82, 2.24) is 14.9 Å². The quantitative estimate of drug-likeness (QED) is 0.673. The number of rotatable bonds is 5. The number of thiazole rings is 1. The number of nitrogens with zero attached hydrogens (tertiary/aromatic N) is 3. The van der Waals surface area contributed by atoms with Crippen molar-refractivity contribution < 1.29 is 14.6 Å². The van der Waals surface area contributed by atoms with Crippen molar-refractivity contribution in [3.63, 3.8) is 0 Å². The first kappa shape index (κ1) is 20.5. The first-order chi connectivity index (χ1) is 14.5. The molecule has 0 saturated carbocycles. The molecule has 1 atom stereocenters. The van der Waals surface area contributed by atoms with Crippen LogP contribution in [0.15, 0.2) is 54.7 Å². The Bertz CT molecular complexity index is 993. The second-order valence-corrected chi connectivity index (χ2v) is 8.61. The predicted molar refractivity (Wildman–Crippen MR) is 116 cm³/mol. The molecule has 30 heavy (non-hydrogen) atoms. The zero-order valence-corrected chi connectivity index (χ0v) is 17.8. The van der Waals surface area contributed by atoms with Crippen LogP contribution in [-0.2, 0) is 12.2 Å². The van der Waals surface area contributed by atoms with Gasteiger partial charge in [-0.25, -0.2) is 4.98 Å². The maximum atomic E-state index is 12.7. The highest BCUT2D eigenvalue weighted by atomic mass is 32.1. The van der Waals surface area contributed by atoms with Gasteiger partial charge in [-0.05, 0) is 44.0 Å². The summed E-state index contributed by atoms with van der Waals surface area (Å²) in [7, 11) is 0. The Morgan fingerprint density at radius 3 is 2.73 bits per heavy atom. The number of amides is 1. The van der Waals surface area contributed by atoms with Gasteiger partial charge in [0.05, 0.1) is 10.6 Å². The number of carbonyl (C=O) groups is 1. The summed E-state index contributed by atoms with van der Waals surface area (Å²) in [5.74, 6) is 0.718. The van der Waals surface area contributed by atoms with Gasteiger partial charge in [-0.1, -0.05) is 24.3 Å². The highest BCUT2D eigenvalue weighted by molar-refractivity contribution is 7.11. The van der Waals surface area contributed by atoms with Crippen molar-refractivity contribution in [2.75, 3.05) is 13.1 Å². The maximum absolute atomic E-state index is 12.7. The van der Waals surface area contributed by atoms with Gasteiger partial charge in [-0.3, -0.25) is 9.78 Å². The number of ether oxygens (including phenoxy) is 1. The number of hydrogen-bond acceptors (Lipinski definition) is 6. The molecule has 1 saturated heterocycles. The van der Waals surface area contributed by atoms with Crippen LogP contribution in [0, 0.1) is 6.92 Å². The second-order valence-electron chi connectivity index (χ2n) is 7.52. The zero-order chi connectivity index (χ0) is 21.0. The van der Waals surface area contributed by atoms with Crippen LogP contribution in [0.2, 0.25) is 0 Å². The van der Waals surface area contributed by atoms with Crippen LogP contribution >= 0.6 is 11.3 Å². The first-order valence-corrected chi connectivity index (χ1v) is 10.9. The largest absolute Gasteiger partial charge is 0.488 e. The van der Waals surface area contributed by atoms with Crippen molar-refractivity contribution >= 4 is 17.2 Å². The lowest BCUT2D eigenvalue weighted by Gasteiger charge is -2.24. The molecule has 1 aliphatic rings. The van der Waals surface area contributed by atoms with E-state index in [1.807, 2.05) is 43.3 Å². The van der Waals surface area contributed by atoms with Crippen molar-refractivity contribution in [3.05, 3.63) is 76.0 Å². The minimum absolute atomic E-state index is 0.0906. The number of pyridine rings is 1. The molecule has 1 fully saturated rings. The molecule has 6 nitrogen and oxygen atoms in total. The highest BCUT2D eigenvalue weighted by Crippen LogP contribution is 2.37. The van der Waals surface area contributed by atoms with Crippen LogP contribution in [0.3, 0.4) is 0 Å². The molecular weight excluding hydrogens is 398 g/mol. The van der Waals surface area contributed by atoms with Crippen LogP contribution in [0.4, 0.5) is 0 Å². The summed E-state index contributed by atoms with van der Waals surface area (Å²) in [5.41, 5.74) is 0.290. The number of likely N-dealkylation sites (tertiary alicyclic amines) is 1. The maximum Gasteiger partial charge on any atom is 0.272 e. The Balaban J connectivity index is 1.44. The zero-order valence-electron chi connectivity index (χ0n) is 17.0. The lowest BCUT2D eigenvalue weighted by molar-refractivity contribution is 0.0209. The topological polar surface area (TPSA) is 75.6 Å². The van der Waals surface area contributed by atoms with Crippen molar-refractivity contribution in [2.45, 2.75) is 38.4 Å². The summed E-state index contributed by atoms with van der Waals surface area (Å²) in [6.45, 7) is 3.45. The van der Waals surface area contributed by atoms with Crippen LogP contribution in [-0.4, -0.2) is 39.0 Å². The third kappa shape index (κ3) is 4.52. The van der Waals surface area contributed by atoms with E-state index in [4.69, 9.17) is 4.74 Å². The van der Waals surface area contributed by atoms with E-state index in [1.165, 1.54) is 11.3 Å². The van der Waals surface area contributed by atoms with Gasteiger partial charge in [0.25, 0.3) is 5.91 Å². The van der Waals surface area contributed by atoms with Gasteiger partial charge < -0.3 is 14.7 Å². The van der Waals surface area contributed by atoms with Crippen molar-refractivity contribution in [1.29, 1.82) is 0 Å². The van der Waals surface area contributed by atoms with E-state index >= 15 is 0 Å². The Labute approximate surface area is 180 Å². The molecule has 0 unspecified atom stereocenters. The van der Waals surface area contributed by atoms with E-state index in [0.717, 1.165) is 16.3 Å². The summed E-state index contributed by atoms with van der Waals surface area (Å²) in [5, 5.41) is 12.1. The molecule has 7 heteroatoms. The van der Waals surface area contributed by atoms with Crippen LogP contribution in [0.1, 0.15) is 45.3 Å². The SMILES string of the molecule is Cc1nc([C@@]2(O)CCCN(C(=O)c3ccccn3)CC2)sc1COc1ccccc1. The number of carbonyl (C=O) groups excluding carboxylic acids is 1. The Morgan fingerprint density at radius 1 is 1.17 bits per heavy atom. The Morgan fingerprint density at radius 2 is 1.97 bits per heavy atom. The normalized spacial score (nSPS) is 19.3. The Hall–Kier alpha value is -2.77. The van der Waals surface area contributed by atoms with Gasteiger partial charge in [0.15, 0.2) is 0 Å². The van der Waals surface area contributed by atoms with Crippen LogP contribution < -0.4 is 4.74 Å². The summed E-state index contributed by atoms with van der Waals surface area (Å²) in [6.07, 6.45) is 3.37. The number of hydrogen-bond donors (Lipinski definition) is 1. The first-order valence-electron chi connectivity index (χ1n) is 10.1. The van der Waals surface area contributed by atoms with E-state index < -0.39 is 5.60 Å². The number of para-hydroxylation sites is 1. The van der Waals surface area contributed by atoms with E-state index in [0.29, 0.717) is 49.7 Å². The van der Waals surface area contributed by atoms with Gasteiger partial charge in [-0.15, -0.1) is 11.3 Å². The van der Waals surface area contributed by atoms with Crippen LogP contribution in [0.25, 0.3) is 0 Å². The molecule has 0 bridgehead atoms. The third-order valence-corrected chi connectivity index (χ3v) is 6.71. The average molecular weight is 424 g/mol. The Kier molecular flexibility index (Phi) is 6.11. The fourth-order valence-corrected chi connectivity index (χ4v) is 4.74. The lowest BCUT2D eigenvalue weighted by atomic mass is 9.96. The molecule has 1 N–H and O–H groups in total. The number of aromatic nitrogens is 2. The third-order valence-electron chi connectivity index (χ3n) is 5.39. The second kappa shape index (κ2) is 8.93. The molecule has 2 aromatic heterocycles. The molecule has 4 rings (SSSR count). The molecule has 0 aliphatic carbocycles. The fraction of sp³-hybridized carbons (Fsp3) is 0.348. The minimum atomic E-state index is -1.03. The number of aliphatic hydroxyl groups is 1.